The van der Waals surface area contributed by atoms with Crippen LogP contribution in [0.4, 0.5) is 36.3 Å². The van der Waals surface area contributed by atoms with Crippen LogP contribution in [0, 0.1) is 0 Å². The van der Waals surface area contributed by atoms with E-state index in [-0.39, 0.29) is 28.0 Å². The third-order valence-corrected chi connectivity index (χ3v) is 13.6. The number of ketones is 2. The molecular formula is C41H42F6N2O10S4. The summed E-state index contributed by atoms with van der Waals surface area (Å²) in [5.41, 5.74) is 0.711. The molecule has 0 aliphatic carbocycles. The Bertz CT molecular complexity index is 2230. The Morgan fingerprint density at radius 2 is 1.03 bits per heavy atom. The predicted octanol–water partition coefficient (Wildman–Crippen LogP) is 10.3. The van der Waals surface area contributed by atoms with Gasteiger partial charge in [-0.25, -0.2) is 0 Å². The van der Waals surface area contributed by atoms with Gasteiger partial charge in [-0.15, -0.1) is 72.5 Å². The molecule has 63 heavy (non-hydrogen) atoms. The third-order valence-electron chi connectivity index (χ3n) is 8.38. The maximum Gasteiger partial charge on any atom is 0.573 e. The number of amides is 2. The molecule has 0 bridgehead atoms. The molecule has 2 heterocycles. The summed E-state index contributed by atoms with van der Waals surface area (Å²) in [4.78, 5) is 74.8. The Hall–Kier alpha value is -5.06. The van der Waals surface area contributed by atoms with Crippen LogP contribution in [-0.2, 0) is 32.0 Å². The van der Waals surface area contributed by atoms with Crippen LogP contribution in [0.25, 0.3) is 0 Å². The van der Waals surface area contributed by atoms with Crippen molar-refractivity contribution in [3.05, 3.63) is 92.7 Å². The molecule has 2 aromatic heterocycles. The topological polar surface area (TPSA) is 185 Å². The van der Waals surface area contributed by atoms with Gasteiger partial charge in [0.05, 0.1) is 27.4 Å². The van der Waals surface area contributed by atoms with E-state index in [0.29, 0.717) is 35.7 Å². The number of hydrogen-bond acceptors (Lipinski definition) is 12. The zero-order chi connectivity index (χ0) is 47.2. The SMILES string of the molecule is CCc1cc(C(=O)c2ccc(OC(F)(F)F)cc2)c(NC(=O)C(CC)SC(C)C(=O)O)s1.CCc1cc(C(=O)c2ccc(OC(F)(F)F)cc2)c(NC(=O)C(CC)SCC(=O)O)s1. The van der Waals surface area contributed by atoms with Crippen LogP contribution in [-0.4, -0.2) is 79.8 Å². The van der Waals surface area contributed by atoms with Crippen molar-refractivity contribution in [3.63, 3.8) is 0 Å². The molecule has 0 saturated carbocycles. The van der Waals surface area contributed by atoms with Gasteiger partial charge in [-0.1, -0.05) is 27.7 Å². The second-order valence-electron chi connectivity index (χ2n) is 13.0. The predicted molar refractivity (Wildman–Crippen MR) is 231 cm³/mol. The van der Waals surface area contributed by atoms with Gasteiger partial charge in [0.1, 0.15) is 26.8 Å². The number of carbonyl (C=O) groups is 6. The van der Waals surface area contributed by atoms with Crippen molar-refractivity contribution in [2.75, 3.05) is 16.4 Å². The minimum atomic E-state index is -4.83. The number of thioether (sulfide) groups is 2. The molecule has 0 aliphatic rings. The molecule has 0 aliphatic heterocycles. The molecule has 0 saturated heterocycles. The summed E-state index contributed by atoms with van der Waals surface area (Å²) in [6, 6.07) is 12.3. The first kappa shape index (κ1) is 52.3. The van der Waals surface area contributed by atoms with Gasteiger partial charge in [0.25, 0.3) is 0 Å². The van der Waals surface area contributed by atoms with Gasteiger partial charge >= 0.3 is 24.7 Å². The number of thiophene rings is 2. The zero-order valence-corrected chi connectivity index (χ0v) is 37.4. The van der Waals surface area contributed by atoms with Crippen LogP contribution in [0.15, 0.2) is 60.7 Å². The summed E-state index contributed by atoms with van der Waals surface area (Å²) < 4.78 is 81.6. The van der Waals surface area contributed by atoms with Crippen LogP contribution in [0.2, 0.25) is 0 Å². The van der Waals surface area contributed by atoms with Crippen LogP contribution < -0.4 is 20.1 Å². The largest absolute Gasteiger partial charge is 0.573 e. The van der Waals surface area contributed by atoms with E-state index in [1.807, 2.05) is 13.8 Å². The molecular weight excluding hydrogens is 923 g/mol. The molecule has 3 unspecified atom stereocenters. The second kappa shape index (κ2) is 23.6. The van der Waals surface area contributed by atoms with Crippen molar-refractivity contribution in [2.24, 2.45) is 0 Å². The van der Waals surface area contributed by atoms with Gasteiger partial charge in [0.2, 0.25) is 11.8 Å². The zero-order valence-electron chi connectivity index (χ0n) is 34.1. The van der Waals surface area contributed by atoms with Gasteiger partial charge < -0.3 is 30.3 Å². The summed E-state index contributed by atoms with van der Waals surface area (Å²) in [6.45, 7) is 8.76. The number of aliphatic carboxylic acids is 2. The van der Waals surface area contributed by atoms with Gasteiger partial charge in [-0.3, -0.25) is 28.8 Å². The van der Waals surface area contributed by atoms with Crippen molar-refractivity contribution in [1.82, 2.24) is 0 Å². The summed E-state index contributed by atoms with van der Waals surface area (Å²) in [7, 11) is 0. The normalized spacial score (nSPS) is 12.8. The number of benzene rings is 2. The smallest absolute Gasteiger partial charge is 0.481 e. The summed E-state index contributed by atoms with van der Waals surface area (Å²) in [5, 5.41) is 22.0. The number of aryl methyl sites for hydroxylation is 2. The number of carbonyl (C=O) groups excluding carboxylic acids is 4. The van der Waals surface area contributed by atoms with Gasteiger partial charge in [0, 0.05) is 20.9 Å². The van der Waals surface area contributed by atoms with Crippen molar-refractivity contribution >= 4 is 91.5 Å². The molecule has 4 rings (SSSR count). The minimum absolute atomic E-state index is 0.136. The third kappa shape index (κ3) is 16.5. The number of rotatable bonds is 20. The first-order chi connectivity index (χ1) is 29.5. The first-order valence-corrected chi connectivity index (χ1v) is 22.5. The maximum absolute atomic E-state index is 13.0. The molecule has 0 fully saturated rings. The molecule has 4 N–H and O–H groups in total. The standard InChI is InChI=1S/C21H22F3NO5S2.C20H20F3NO5S2/c1-4-14-10-15(17(26)12-6-8-13(9-7-12)30-21(22,23)24)19(32-14)25-18(27)16(5-2)31-11(3)20(28)29;1-3-13-9-14(17(27)11-5-7-12(8-6-11)29-20(21,22)23)19(31-13)24-18(28)15(4-2)30-10-16(25)26/h6-11,16H,4-5H2,1-3H3,(H,25,27)(H,28,29);5-9,15H,3-4,10H2,1-2H3,(H,24,28)(H,25,26). The molecule has 12 nitrogen and oxygen atoms in total. The highest BCUT2D eigenvalue weighted by Gasteiger charge is 2.33. The highest BCUT2D eigenvalue weighted by Crippen LogP contribution is 2.34. The quantitative estimate of drug-likeness (QED) is 0.0486. The van der Waals surface area contributed by atoms with E-state index in [1.165, 1.54) is 53.9 Å². The lowest BCUT2D eigenvalue weighted by molar-refractivity contribution is -0.275. The van der Waals surface area contributed by atoms with Gasteiger partial charge in [-0.05, 0) is 93.3 Å². The summed E-state index contributed by atoms with van der Waals surface area (Å²) in [6.07, 6.45) is -7.64. The lowest BCUT2D eigenvalue weighted by atomic mass is 10.0. The van der Waals surface area contributed by atoms with E-state index in [9.17, 15) is 55.1 Å². The molecule has 3 atom stereocenters. The lowest BCUT2D eigenvalue weighted by Crippen LogP contribution is -2.28. The number of ether oxygens (including phenoxy) is 2. The van der Waals surface area contributed by atoms with E-state index in [1.54, 1.807) is 26.0 Å². The van der Waals surface area contributed by atoms with E-state index >= 15 is 0 Å². The van der Waals surface area contributed by atoms with Crippen molar-refractivity contribution in [2.45, 2.75) is 88.8 Å². The molecule has 0 radical (unpaired) electrons. The van der Waals surface area contributed by atoms with Crippen LogP contribution >= 0.6 is 46.2 Å². The van der Waals surface area contributed by atoms with Crippen molar-refractivity contribution < 1.29 is 74.8 Å². The average Bonchev–Trinajstić information content (AvgIpc) is 3.82. The Kier molecular flexibility index (Phi) is 19.6. The molecule has 4 aromatic rings. The number of hydrogen-bond donors (Lipinski definition) is 4. The van der Waals surface area contributed by atoms with Crippen LogP contribution in [0.5, 0.6) is 11.5 Å². The average molecular weight is 965 g/mol. The van der Waals surface area contributed by atoms with E-state index in [4.69, 9.17) is 10.2 Å². The number of alkyl halides is 6. The monoisotopic (exact) mass is 964 g/mol. The fourth-order valence-corrected chi connectivity index (χ4v) is 9.03. The molecule has 2 amide bonds. The number of anilines is 2. The fourth-order valence-electron chi connectivity index (χ4n) is 5.27. The Labute approximate surface area is 374 Å². The fraction of sp³-hybridized carbons (Fsp3) is 0.366. The molecule has 22 heteroatoms. The molecule has 2 aromatic carbocycles. The second-order valence-corrected chi connectivity index (χ2v) is 18.0. The number of carboxylic acid groups (broad SMARTS) is 2. The van der Waals surface area contributed by atoms with Crippen molar-refractivity contribution in [1.29, 1.82) is 0 Å². The van der Waals surface area contributed by atoms with Gasteiger partial charge in [0.15, 0.2) is 11.6 Å². The Morgan fingerprint density at radius 1 is 0.651 bits per heavy atom. The molecule has 342 valence electrons. The van der Waals surface area contributed by atoms with E-state index in [0.717, 1.165) is 57.5 Å². The van der Waals surface area contributed by atoms with E-state index in [2.05, 4.69) is 20.1 Å². The molecule has 0 spiro atoms. The van der Waals surface area contributed by atoms with E-state index < -0.39 is 75.3 Å². The summed E-state index contributed by atoms with van der Waals surface area (Å²) in [5.74, 6) is -4.94. The Balaban J connectivity index is 0.000000335. The highest BCUT2D eigenvalue weighted by atomic mass is 32.2. The highest BCUT2D eigenvalue weighted by molar-refractivity contribution is 8.02. The van der Waals surface area contributed by atoms with Gasteiger partial charge in [-0.2, -0.15) is 0 Å². The Morgan fingerprint density at radius 3 is 1.35 bits per heavy atom. The number of halogens is 6. The maximum atomic E-state index is 13.0. The first-order valence-electron chi connectivity index (χ1n) is 18.9. The van der Waals surface area contributed by atoms with Crippen LogP contribution in [0.3, 0.4) is 0 Å². The number of carboxylic acids is 2. The number of nitrogens with one attached hydrogen (secondary N) is 2. The minimum Gasteiger partial charge on any atom is -0.481 e. The summed E-state index contributed by atoms with van der Waals surface area (Å²) >= 11 is 4.45. The van der Waals surface area contributed by atoms with Crippen LogP contribution in [0.1, 0.15) is 89.1 Å². The van der Waals surface area contributed by atoms with Crippen molar-refractivity contribution in [3.8, 4) is 11.5 Å². The lowest BCUT2D eigenvalue weighted by Gasteiger charge is -2.17.